The number of rotatable bonds is 51. The van der Waals surface area contributed by atoms with Crippen LogP contribution in [0.1, 0.15) is 251 Å². The normalized spacial score (nSPS) is 14.4. The molecule has 1 amide bonds. The minimum Gasteiger partial charge on any atom is -0.756 e. The molecule has 2 N–H and O–H groups in total. The van der Waals surface area contributed by atoms with Gasteiger partial charge in [-0.05, 0) is 38.5 Å². The maximum atomic E-state index is 12.9. The summed E-state index contributed by atoms with van der Waals surface area (Å²) in [6.45, 7) is 4.55. The molecule has 0 bridgehead atoms. The second kappa shape index (κ2) is 49.2. The van der Waals surface area contributed by atoms with Gasteiger partial charge in [-0.15, -0.1) is 0 Å². The number of aliphatic hydroxyl groups is 1. The van der Waals surface area contributed by atoms with Crippen molar-refractivity contribution in [2.75, 3.05) is 40.9 Å². The van der Waals surface area contributed by atoms with E-state index in [1.165, 1.54) is 173 Å². The van der Waals surface area contributed by atoms with Gasteiger partial charge >= 0.3 is 0 Å². The van der Waals surface area contributed by atoms with Crippen LogP contribution in [0.4, 0.5) is 0 Å². The summed E-state index contributed by atoms with van der Waals surface area (Å²) in [6.07, 6.45) is 65.9. The summed E-state index contributed by atoms with van der Waals surface area (Å²) in [6, 6.07) is -0.858. The minimum absolute atomic E-state index is 0.00635. The van der Waals surface area contributed by atoms with Crippen LogP contribution < -0.4 is 10.2 Å². The zero-order valence-electron chi connectivity index (χ0n) is 44.6. The van der Waals surface area contributed by atoms with Gasteiger partial charge in [-0.3, -0.25) is 9.36 Å². The van der Waals surface area contributed by atoms with Crippen LogP contribution in [0, 0.1) is 0 Å². The molecule has 0 aliphatic carbocycles. The van der Waals surface area contributed by atoms with Crippen molar-refractivity contribution in [2.24, 2.45) is 0 Å². The summed E-state index contributed by atoms with van der Waals surface area (Å²) in [5.41, 5.74) is 0. The fraction of sp³-hybridized carbons (Fsp3) is 0.810. The van der Waals surface area contributed by atoms with Gasteiger partial charge in [0.25, 0.3) is 7.82 Å². The second-order valence-electron chi connectivity index (χ2n) is 20.3. The lowest BCUT2D eigenvalue weighted by molar-refractivity contribution is -0.870. The predicted molar refractivity (Wildman–Crippen MR) is 288 cm³/mol. The molecule has 8 nitrogen and oxygen atoms in total. The van der Waals surface area contributed by atoms with Crippen LogP contribution in [-0.2, 0) is 18.4 Å². The number of unbranched alkanes of at least 4 members (excludes halogenated alkanes) is 29. The molecule has 0 fully saturated rings. The molecule has 0 radical (unpaired) electrons. The zero-order valence-corrected chi connectivity index (χ0v) is 45.5. The van der Waals surface area contributed by atoms with E-state index >= 15 is 0 Å². The Kier molecular flexibility index (Phi) is 47.9. The quantitative estimate of drug-likeness (QED) is 0.0272. The Balaban J connectivity index is 4.14. The van der Waals surface area contributed by atoms with E-state index < -0.39 is 20.0 Å². The van der Waals surface area contributed by atoms with Crippen LogP contribution in [0.3, 0.4) is 0 Å². The van der Waals surface area contributed by atoms with E-state index in [2.05, 4.69) is 67.8 Å². The Morgan fingerprint density at radius 2 is 0.851 bits per heavy atom. The smallest absolute Gasteiger partial charge is 0.268 e. The first-order valence-corrected chi connectivity index (χ1v) is 29.6. The third kappa shape index (κ3) is 51.9. The molecule has 0 saturated carbocycles. The fourth-order valence-electron chi connectivity index (χ4n) is 8.17. The number of quaternary nitrogens is 1. The van der Waals surface area contributed by atoms with E-state index in [9.17, 15) is 19.4 Å². The number of carbonyl (C=O) groups is 1. The lowest BCUT2D eigenvalue weighted by atomic mass is 10.0. The number of carbonyl (C=O) groups excluding carboxylic acids is 1. The first-order valence-electron chi connectivity index (χ1n) is 28.1. The highest BCUT2D eigenvalue weighted by Gasteiger charge is 2.24. The fourth-order valence-corrected chi connectivity index (χ4v) is 8.89. The number of nitrogens with zero attached hydrogens (tertiary/aromatic N) is 1. The van der Waals surface area contributed by atoms with Gasteiger partial charge in [-0.1, -0.05) is 267 Å². The molecular formula is C58H109N2O6P. The van der Waals surface area contributed by atoms with Crippen LogP contribution in [0.2, 0.25) is 0 Å². The summed E-state index contributed by atoms with van der Waals surface area (Å²) in [7, 11) is 1.25. The average molecular weight is 961 g/mol. The molecule has 0 aliphatic rings. The van der Waals surface area contributed by atoms with Crippen LogP contribution in [0.15, 0.2) is 60.8 Å². The Bertz CT molecular complexity index is 1270. The van der Waals surface area contributed by atoms with E-state index in [1.807, 2.05) is 27.2 Å². The third-order valence-electron chi connectivity index (χ3n) is 12.5. The summed E-state index contributed by atoms with van der Waals surface area (Å²) in [5, 5.41) is 13.9. The number of likely N-dealkylation sites (N-methyl/N-ethyl adjacent to an activating group) is 1. The topological polar surface area (TPSA) is 108 Å². The number of hydrogen-bond acceptors (Lipinski definition) is 6. The Morgan fingerprint density at radius 3 is 1.19 bits per heavy atom. The van der Waals surface area contributed by atoms with Gasteiger partial charge in [0, 0.05) is 6.42 Å². The molecule has 3 atom stereocenters. The number of aliphatic hydroxyl groups excluding tert-OH is 1. The summed E-state index contributed by atoms with van der Waals surface area (Å²) in [5.74, 6) is -0.290. The van der Waals surface area contributed by atoms with Crippen molar-refractivity contribution < 1.29 is 32.9 Å². The van der Waals surface area contributed by atoms with Crippen LogP contribution in [0.5, 0.6) is 0 Å². The van der Waals surface area contributed by atoms with Gasteiger partial charge in [-0.2, -0.15) is 0 Å². The molecule has 67 heavy (non-hydrogen) atoms. The molecule has 0 rings (SSSR count). The number of phosphoric acid groups is 1. The maximum Gasteiger partial charge on any atom is 0.268 e. The molecule has 0 aromatic carbocycles. The van der Waals surface area contributed by atoms with Crippen molar-refractivity contribution in [3.63, 3.8) is 0 Å². The van der Waals surface area contributed by atoms with Gasteiger partial charge < -0.3 is 28.8 Å². The predicted octanol–water partition coefficient (Wildman–Crippen LogP) is 16.3. The monoisotopic (exact) mass is 961 g/mol. The molecule has 9 heteroatoms. The van der Waals surface area contributed by atoms with Crippen molar-refractivity contribution in [1.82, 2.24) is 5.32 Å². The van der Waals surface area contributed by atoms with Crippen LogP contribution >= 0.6 is 7.82 Å². The first-order chi connectivity index (χ1) is 32.5. The highest BCUT2D eigenvalue weighted by Crippen LogP contribution is 2.38. The Hall–Kier alpha value is -1.80. The van der Waals surface area contributed by atoms with Crippen molar-refractivity contribution in [3.05, 3.63) is 60.8 Å². The molecule has 0 aromatic rings. The zero-order chi connectivity index (χ0) is 49.2. The van der Waals surface area contributed by atoms with E-state index in [0.29, 0.717) is 23.9 Å². The van der Waals surface area contributed by atoms with Gasteiger partial charge in [-0.25, -0.2) is 0 Å². The average Bonchev–Trinajstić information content (AvgIpc) is 3.29. The molecule has 0 aromatic heterocycles. The SMILES string of the molecule is CC/C=C\C/C=C\C/C=C\C/C=C\C/C=C\CC(=O)NC(COP(=O)([O-])OCC[N+](C)(C)C)C(O)CCCCCCCCCCCCCCCCCCCCCCCCCCCCCCCC. The molecule has 0 heterocycles. The summed E-state index contributed by atoms with van der Waals surface area (Å²) >= 11 is 0. The van der Waals surface area contributed by atoms with Crippen molar-refractivity contribution in [2.45, 2.75) is 264 Å². The highest BCUT2D eigenvalue weighted by atomic mass is 31.2. The number of nitrogens with one attached hydrogen (secondary N) is 1. The number of allylic oxidation sites excluding steroid dienone is 9. The van der Waals surface area contributed by atoms with Gasteiger partial charge in [0.05, 0.1) is 39.9 Å². The number of amides is 1. The summed E-state index contributed by atoms with van der Waals surface area (Å²) in [4.78, 5) is 25.4. The van der Waals surface area contributed by atoms with Gasteiger partial charge in [0.15, 0.2) is 0 Å². The van der Waals surface area contributed by atoms with Crippen molar-refractivity contribution in [1.29, 1.82) is 0 Å². The molecular weight excluding hydrogens is 852 g/mol. The minimum atomic E-state index is -4.60. The molecule has 392 valence electrons. The molecule has 0 aliphatic heterocycles. The molecule has 0 spiro atoms. The van der Waals surface area contributed by atoms with Gasteiger partial charge in [0.2, 0.25) is 5.91 Å². The lowest BCUT2D eigenvalue weighted by Crippen LogP contribution is -2.46. The molecule has 3 unspecified atom stereocenters. The van der Waals surface area contributed by atoms with E-state index in [-0.39, 0.29) is 25.5 Å². The van der Waals surface area contributed by atoms with E-state index in [4.69, 9.17) is 9.05 Å². The largest absolute Gasteiger partial charge is 0.756 e. The van der Waals surface area contributed by atoms with Crippen LogP contribution in [-0.4, -0.2) is 68.5 Å². The van der Waals surface area contributed by atoms with Crippen molar-refractivity contribution in [3.8, 4) is 0 Å². The van der Waals surface area contributed by atoms with Gasteiger partial charge in [0.1, 0.15) is 13.2 Å². The van der Waals surface area contributed by atoms with Crippen LogP contribution in [0.25, 0.3) is 0 Å². The lowest BCUT2D eigenvalue weighted by Gasteiger charge is -2.30. The standard InChI is InChI=1S/C58H109N2O6P/c1-6-8-10-12-14-16-18-20-22-23-24-25-26-27-28-29-30-31-32-33-34-35-36-38-39-41-43-45-47-49-51-57(61)56(55-66-67(63,64)65-54-53-60(3,4)5)59-58(62)52-50-48-46-44-42-40-37-21-19-17-15-13-11-9-7-2/h9,11,15,17,21,37,42,44,48,50,56-57,61H,6-8,10,12-14,16,18-20,22-36,38-41,43,45-47,49,51-55H2,1-5H3,(H-,59,62,63,64)/b11-9-,17-15-,37-21-,44-42-,50-48-. The highest BCUT2D eigenvalue weighted by molar-refractivity contribution is 7.45. The molecule has 0 saturated heterocycles. The second-order valence-corrected chi connectivity index (χ2v) is 21.7. The first kappa shape index (κ1) is 65.2. The van der Waals surface area contributed by atoms with E-state index in [1.54, 1.807) is 6.08 Å². The maximum absolute atomic E-state index is 12.9. The van der Waals surface area contributed by atoms with E-state index in [0.717, 1.165) is 44.9 Å². The third-order valence-corrected chi connectivity index (χ3v) is 13.5. The number of hydrogen-bond donors (Lipinski definition) is 2. The summed E-state index contributed by atoms with van der Waals surface area (Å²) < 4.78 is 23.3. The Labute approximate surface area is 415 Å². The Morgan fingerprint density at radius 1 is 0.522 bits per heavy atom. The number of phosphoric ester groups is 1. The van der Waals surface area contributed by atoms with Crippen molar-refractivity contribution >= 4 is 13.7 Å².